The Morgan fingerprint density at radius 1 is 0.921 bits per heavy atom. The van der Waals surface area contributed by atoms with Gasteiger partial charge < -0.3 is 10.1 Å². The molecular weight excluding hydrogens is 488 g/mol. The SMILES string of the molecule is N#Cc1cnc2cc(-c3csc(CN4CCOCC4)c3)ccc2c1Nc1ccc(Cc2ccccc2)cc1. The zero-order valence-corrected chi connectivity index (χ0v) is 21.9. The Morgan fingerprint density at radius 3 is 2.50 bits per heavy atom. The standard InChI is InChI=1S/C32H28N4OS/c33-19-27-20-34-31-18-25(26-17-29(38-22-26)21-36-12-14-37-15-13-36)8-11-30(31)32(27)35-28-9-6-24(7-10-28)16-23-4-2-1-3-5-23/h1-11,17-18,20,22H,12-16,21H2,(H,34,35). The van der Waals surface area contributed by atoms with E-state index < -0.39 is 0 Å². The third-order valence-corrected chi connectivity index (χ3v) is 7.86. The highest BCUT2D eigenvalue weighted by molar-refractivity contribution is 7.10. The molecule has 188 valence electrons. The number of hydrogen-bond acceptors (Lipinski definition) is 6. The van der Waals surface area contributed by atoms with Crippen molar-refractivity contribution in [1.29, 1.82) is 5.26 Å². The number of morpholine rings is 1. The first-order valence-corrected chi connectivity index (χ1v) is 13.7. The van der Waals surface area contributed by atoms with E-state index in [1.54, 1.807) is 17.5 Å². The van der Waals surface area contributed by atoms with Crippen molar-refractivity contribution in [3.8, 4) is 17.2 Å². The van der Waals surface area contributed by atoms with Gasteiger partial charge in [0.15, 0.2) is 0 Å². The molecule has 5 aromatic rings. The summed E-state index contributed by atoms with van der Waals surface area (Å²) in [7, 11) is 0. The van der Waals surface area contributed by atoms with Gasteiger partial charge in [-0.2, -0.15) is 5.26 Å². The van der Waals surface area contributed by atoms with Crippen LogP contribution >= 0.6 is 11.3 Å². The van der Waals surface area contributed by atoms with E-state index in [2.05, 4.69) is 99.4 Å². The van der Waals surface area contributed by atoms with Gasteiger partial charge in [-0.15, -0.1) is 11.3 Å². The Kier molecular flexibility index (Phi) is 7.14. The zero-order chi connectivity index (χ0) is 25.7. The number of nitrogens with zero attached hydrogens (tertiary/aromatic N) is 3. The van der Waals surface area contributed by atoms with Crippen molar-refractivity contribution in [3.05, 3.63) is 112 Å². The molecule has 5 nitrogen and oxygen atoms in total. The van der Waals surface area contributed by atoms with E-state index in [1.165, 1.54) is 21.6 Å². The Morgan fingerprint density at radius 2 is 1.71 bits per heavy atom. The lowest BCUT2D eigenvalue weighted by atomic mass is 10.0. The summed E-state index contributed by atoms with van der Waals surface area (Å²) in [5, 5.41) is 16.4. The Hall–Kier alpha value is -4.02. The number of nitriles is 1. The maximum absolute atomic E-state index is 9.79. The lowest BCUT2D eigenvalue weighted by Gasteiger charge is -2.25. The number of anilines is 2. The maximum Gasteiger partial charge on any atom is 0.103 e. The van der Waals surface area contributed by atoms with Crippen LogP contribution in [0, 0.1) is 11.3 Å². The Bertz CT molecular complexity index is 1580. The quantitative estimate of drug-likeness (QED) is 0.252. The third kappa shape index (κ3) is 5.46. The van der Waals surface area contributed by atoms with E-state index in [4.69, 9.17) is 4.74 Å². The fraction of sp³-hybridized carbons (Fsp3) is 0.188. The largest absolute Gasteiger partial charge is 0.379 e. The number of thiophene rings is 1. The van der Waals surface area contributed by atoms with Gasteiger partial charge in [0, 0.05) is 41.8 Å². The lowest BCUT2D eigenvalue weighted by Crippen LogP contribution is -2.35. The molecule has 3 aromatic carbocycles. The van der Waals surface area contributed by atoms with Crippen molar-refractivity contribution in [1.82, 2.24) is 9.88 Å². The average molecular weight is 517 g/mol. The maximum atomic E-state index is 9.79. The first kappa shape index (κ1) is 24.3. The van der Waals surface area contributed by atoms with Crippen molar-refractivity contribution in [2.45, 2.75) is 13.0 Å². The molecule has 0 spiro atoms. The second-order valence-corrected chi connectivity index (χ2v) is 10.6. The molecule has 0 radical (unpaired) electrons. The molecule has 1 fully saturated rings. The molecule has 0 bridgehead atoms. The van der Waals surface area contributed by atoms with E-state index >= 15 is 0 Å². The second kappa shape index (κ2) is 11.2. The topological polar surface area (TPSA) is 61.2 Å². The van der Waals surface area contributed by atoms with Gasteiger partial charge in [0.1, 0.15) is 6.07 Å². The first-order chi connectivity index (χ1) is 18.7. The molecule has 1 aliphatic heterocycles. The number of rotatable bonds is 7. The summed E-state index contributed by atoms with van der Waals surface area (Å²) in [6.45, 7) is 4.56. The number of fused-ring (bicyclic) bond motifs is 1. The molecule has 0 amide bonds. The number of benzene rings is 3. The zero-order valence-electron chi connectivity index (χ0n) is 21.1. The number of ether oxygens (including phenoxy) is 1. The fourth-order valence-electron chi connectivity index (χ4n) is 4.87. The summed E-state index contributed by atoms with van der Waals surface area (Å²) < 4.78 is 5.47. The van der Waals surface area contributed by atoms with Crippen molar-refractivity contribution < 1.29 is 4.74 Å². The van der Waals surface area contributed by atoms with Gasteiger partial charge in [-0.25, -0.2) is 0 Å². The van der Waals surface area contributed by atoms with Crippen LogP contribution in [0.2, 0.25) is 0 Å². The normalized spacial score (nSPS) is 13.9. The number of aromatic nitrogens is 1. The van der Waals surface area contributed by atoms with Gasteiger partial charge in [-0.1, -0.05) is 54.6 Å². The van der Waals surface area contributed by atoms with Gasteiger partial charge in [-0.3, -0.25) is 9.88 Å². The number of hydrogen-bond donors (Lipinski definition) is 1. The highest BCUT2D eigenvalue weighted by Gasteiger charge is 2.14. The van der Waals surface area contributed by atoms with Crippen LogP contribution in [-0.4, -0.2) is 36.2 Å². The average Bonchev–Trinajstić information content (AvgIpc) is 3.43. The smallest absolute Gasteiger partial charge is 0.103 e. The van der Waals surface area contributed by atoms with Crippen molar-refractivity contribution in [2.75, 3.05) is 31.6 Å². The number of nitrogens with one attached hydrogen (secondary N) is 1. The molecule has 0 aliphatic carbocycles. The minimum Gasteiger partial charge on any atom is -0.379 e. The predicted molar refractivity (Wildman–Crippen MR) is 155 cm³/mol. The second-order valence-electron chi connectivity index (χ2n) is 9.57. The molecule has 1 saturated heterocycles. The van der Waals surface area contributed by atoms with Crippen LogP contribution in [0.4, 0.5) is 11.4 Å². The van der Waals surface area contributed by atoms with E-state index in [1.807, 2.05) is 6.07 Å². The van der Waals surface area contributed by atoms with Crippen LogP contribution in [0.5, 0.6) is 0 Å². The predicted octanol–water partition coefficient (Wildman–Crippen LogP) is 7.00. The molecule has 3 heterocycles. The Balaban J connectivity index is 1.23. The van der Waals surface area contributed by atoms with Crippen LogP contribution in [0.3, 0.4) is 0 Å². The van der Waals surface area contributed by atoms with Gasteiger partial charge >= 0.3 is 0 Å². The summed E-state index contributed by atoms with van der Waals surface area (Å²) in [4.78, 5) is 8.42. The van der Waals surface area contributed by atoms with Gasteiger partial charge in [-0.05, 0) is 58.3 Å². The summed E-state index contributed by atoms with van der Waals surface area (Å²) in [6.07, 6.45) is 2.55. The van der Waals surface area contributed by atoms with E-state index in [0.717, 1.165) is 67.1 Å². The highest BCUT2D eigenvalue weighted by Crippen LogP contribution is 2.33. The summed E-state index contributed by atoms with van der Waals surface area (Å²) in [5.74, 6) is 0. The molecule has 2 aromatic heterocycles. The molecular formula is C32H28N4OS. The molecule has 38 heavy (non-hydrogen) atoms. The van der Waals surface area contributed by atoms with Gasteiger partial charge in [0.05, 0.1) is 30.0 Å². The molecule has 1 aliphatic rings. The molecule has 6 heteroatoms. The van der Waals surface area contributed by atoms with Crippen LogP contribution < -0.4 is 5.32 Å². The van der Waals surface area contributed by atoms with Crippen molar-refractivity contribution >= 4 is 33.6 Å². The van der Waals surface area contributed by atoms with E-state index in [-0.39, 0.29) is 0 Å². The Labute approximate surface area is 227 Å². The number of pyridine rings is 1. The monoisotopic (exact) mass is 516 g/mol. The van der Waals surface area contributed by atoms with E-state index in [0.29, 0.717) is 5.56 Å². The van der Waals surface area contributed by atoms with Crippen LogP contribution in [0.1, 0.15) is 21.6 Å². The highest BCUT2D eigenvalue weighted by atomic mass is 32.1. The van der Waals surface area contributed by atoms with Crippen LogP contribution in [-0.2, 0) is 17.7 Å². The molecule has 0 unspecified atom stereocenters. The molecule has 0 saturated carbocycles. The van der Waals surface area contributed by atoms with Crippen LogP contribution in [0.15, 0.2) is 90.4 Å². The first-order valence-electron chi connectivity index (χ1n) is 12.9. The van der Waals surface area contributed by atoms with Gasteiger partial charge in [0.2, 0.25) is 0 Å². The fourth-order valence-corrected chi connectivity index (χ4v) is 5.80. The molecule has 6 rings (SSSR count). The van der Waals surface area contributed by atoms with Crippen molar-refractivity contribution in [2.24, 2.45) is 0 Å². The summed E-state index contributed by atoms with van der Waals surface area (Å²) >= 11 is 1.80. The van der Waals surface area contributed by atoms with Gasteiger partial charge in [0.25, 0.3) is 0 Å². The summed E-state index contributed by atoms with van der Waals surface area (Å²) in [6, 6.07) is 29.8. The summed E-state index contributed by atoms with van der Waals surface area (Å²) in [5.41, 5.74) is 8.00. The minimum absolute atomic E-state index is 0.530. The molecule has 0 atom stereocenters. The van der Waals surface area contributed by atoms with E-state index in [9.17, 15) is 5.26 Å². The third-order valence-electron chi connectivity index (χ3n) is 6.93. The lowest BCUT2D eigenvalue weighted by molar-refractivity contribution is 0.0346. The molecule has 1 N–H and O–H groups in total. The minimum atomic E-state index is 0.530. The van der Waals surface area contributed by atoms with Crippen molar-refractivity contribution in [3.63, 3.8) is 0 Å². The van der Waals surface area contributed by atoms with Crippen LogP contribution in [0.25, 0.3) is 22.0 Å².